The molecule has 8 N–H and O–H groups in total. The molecule has 1 saturated carbocycles. The van der Waals surface area contributed by atoms with Crippen molar-refractivity contribution in [3.63, 3.8) is 0 Å². The lowest BCUT2D eigenvalue weighted by Gasteiger charge is -2.34. The maximum absolute atomic E-state index is 11.5. The van der Waals surface area contributed by atoms with E-state index in [4.69, 9.17) is 22.6 Å². The molecule has 27 heavy (non-hydrogen) atoms. The third-order valence-electron chi connectivity index (χ3n) is 5.75. The van der Waals surface area contributed by atoms with Gasteiger partial charge in [-0.1, -0.05) is 0 Å². The van der Waals surface area contributed by atoms with Crippen LogP contribution in [-0.2, 0) is 4.79 Å². The molecular formula is C19H26N6O2. The van der Waals surface area contributed by atoms with E-state index >= 15 is 0 Å². The molecule has 1 spiro atoms. The smallest absolute Gasteiger partial charge is 0.254 e. The molecule has 8 heteroatoms. The van der Waals surface area contributed by atoms with Crippen molar-refractivity contribution in [2.24, 2.45) is 33.5 Å². The van der Waals surface area contributed by atoms with Crippen LogP contribution in [0, 0.1) is 16.7 Å². The van der Waals surface area contributed by atoms with Crippen LogP contribution in [0.5, 0.6) is 0 Å². The molecule has 1 saturated heterocycles. The Morgan fingerprint density at radius 3 is 2.37 bits per heavy atom. The maximum Gasteiger partial charge on any atom is 0.254 e. The van der Waals surface area contributed by atoms with Gasteiger partial charge in [-0.2, -0.15) is 0 Å². The summed E-state index contributed by atoms with van der Waals surface area (Å²) in [5.74, 6) is -0.447. The van der Waals surface area contributed by atoms with Crippen molar-refractivity contribution in [1.29, 1.82) is 5.41 Å². The fourth-order valence-electron chi connectivity index (χ4n) is 3.93. The van der Waals surface area contributed by atoms with E-state index < -0.39 is 5.91 Å². The number of amidine groups is 1. The number of nitrogens with two attached hydrogens (primary N) is 3. The second-order valence-electron chi connectivity index (χ2n) is 7.29. The van der Waals surface area contributed by atoms with Crippen LogP contribution in [0.3, 0.4) is 0 Å². The van der Waals surface area contributed by atoms with Crippen molar-refractivity contribution in [3.05, 3.63) is 35.5 Å². The highest BCUT2D eigenvalue weighted by atomic mass is 16.3. The van der Waals surface area contributed by atoms with E-state index in [0.29, 0.717) is 23.6 Å². The minimum Gasteiger partial charge on any atom is -0.397 e. The second kappa shape index (κ2) is 7.40. The Bertz CT molecular complexity index is 791. The van der Waals surface area contributed by atoms with Gasteiger partial charge in [0, 0.05) is 31.6 Å². The van der Waals surface area contributed by atoms with Crippen LogP contribution in [0.2, 0.25) is 0 Å². The van der Waals surface area contributed by atoms with Gasteiger partial charge in [0.25, 0.3) is 5.91 Å². The number of aliphatic hydroxyl groups excluding tert-OH is 1. The normalized spacial score (nSPS) is 22.3. The molecule has 1 amide bonds. The topological polar surface area (TPSA) is 155 Å². The fourth-order valence-corrected chi connectivity index (χ4v) is 3.93. The number of hydrogen-bond donors (Lipinski definition) is 5. The summed E-state index contributed by atoms with van der Waals surface area (Å²) in [7, 11) is 0. The lowest BCUT2D eigenvalue weighted by Crippen LogP contribution is -2.35. The Morgan fingerprint density at radius 1 is 1.26 bits per heavy atom. The van der Waals surface area contributed by atoms with Crippen LogP contribution < -0.4 is 22.1 Å². The van der Waals surface area contributed by atoms with Gasteiger partial charge >= 0.3 is 0 Å². The number of piperidine rings is 1. The van der Waals surface area contributed by atoms with Crippen molar-refractivity contribution in [3.8, 4) is 0 Å². The van der Waals surface area contributed by atoms with E-state index in [1.807, 2.05) is 24.3 Å². The molecule has 0 aromatic heterocycles. The Morgan fingerprint density at radius 2 is 1.89 bits per heavy atom. The minimum absolute atomic E-state index is 0.111. The number of rotatable bonds is 6. The molecule has 1 aromatic carbocycles. The average Bonchev–Trinajstić information content (AvgIpc) is 3.35. The van der Waals surface area contributed by atoms with Crippen molar-refractivity contribution >= 4 is 29.3 Å². The molecule has 0 radical (unpaired) electrons. The van der Waals surface area contributed by atoms with Crippen molar-refractivity contribution in [2.75, 3.05) is 24.6 Å². The molecule has 1 unspecified atom stereocenters. The van der Waals surface area contributed by atoms with Gasteiger partial charge in [0.1, 0.15) is 11.4 Å². The summed E-state index contributed by atoms with van der Waals surface area (Å²) in [6.45, 7) is 2.26. The van der Waals surface area contributed by atoms with E-state index in [0.717, 1.165) is 44.3 Å². The SMILES string of the molecule is N=C/C(N)=C(\C(N)=O)C(N)=Nc1ccc(N2CCC3(CC2)CC3CO)cc1. The number of nitrogens with one attached hydrogen (secondary N) is 1. The summed E-state index contributed by atoms with van der Waals surface area (Å²) >= 11 is 0. The number of amides is 1. The van der Waals surface area contributed by atoms with Gasteiger partial charge in [-0.3, -0.25) is 4.79 Å². The predicted octanol–water partition coefficient (Wildman–Crippen LogP) is 0.622. The van der Waals surface area contributed by atoms with Crippen LogP contribution in [0.15, 0.2) is 40.5 Å². The summed E-state index contributed by atoms with van der Waals surface area (Å²) in [5, 5.41) is 16.5. The molecule has 8 nitrogen and oxygen atoms in total. The first-order valence-electron chi connectivity index (χ1n) is 9.00. The van der Waals surface area contributed by atoms with E-state index in [1.54, 1.807) is 0 Å². The van der Waals surface area contributed by atoms with Gasteiger partial charge in [0.15, 0.2) is 0 Å². The number of allylic oxidation sites excluding steroid dienone is 1. The molecule has 144 valence electrons. The van der Waals surface area contributed by atoms with Gasteiger partial charge in [-0.05, 0) is 54.9 Å². The zero-order valence-electron chi connectivity index (χ0n) is 15.2. The number of anilines is 1. The Balaban J connectivity index is 1.69. The van der Waals surface area contributed by atoms with Crippen molar-refractivity contribution < 1.29 is 9.90 Å². The van der Waals surface area contributed by atoms with Crippen LogP contribution in [0.1, 0.15) is 19.3 Å². The number of carbonyl (C=O) groups excluding carboxylic acids is 1. The number of hydrogen-bond acceptors (Lipinski definition) is 6. The number of aliphatic imine (C=N–C) groups is 1. The summed E-state index contributed by atoms with van der Waals surface area (Å²) in [5.41, 5.74) is 18.5. The second-order valence-corrected chi connectivity index (χ2v) is 7.29. The summed E-state index contributed by atoms with van der Waals surface area (Å²) in [6, 6.07) is 7.57. The monoisotopic (exact) mass is 370 g/mol. The lowest BCUT2D eigenvalue weighted by molar-refractivity contribution is -0.114. The van der Waals surface area contributed by atoms with E-state index in [-0.39, 0.29) is 17.1 Å². The maximum atomic E-state index is 11.5. The Hall–Kier alpha value is -2.87. The highest BCUT2D eigenvalue weighted by Crippen LogP contribution is 2.59. The van der Waals surface area contributed by atoms with E-state index in [1.165, 1.54) is 0 Å². The highest BCUT2D eigenvalue weighted by molar-refractivity contribution is 6.22. The third-order valence-corrected chi connectivity index (χ3v) is 5.75. The van der Waals surface area contributed by atoms with Gasteiger partial charge in [0.2, 0.25) is 0 Å². The Labute approximate surface area is 158 Å². The van der Waals surface area contributed by atoms with Crippen molar-refractivity contribution in [1.82, 2.24) is 0 Å². The highest BCUT2D eigenvalue weighted by Gasteiger charge is 2.54. The molecule has 2 fully saturated rings. The molecule has 1 aliphatic heterocycles. The predicted molar refractivity (Wildman–Crippen MR) is 106 cm³/mol. The molecular weight excluding hydrogens is 344 g/mol. The zero-order chi connectivity index (χ0) is 19.6. The van der Waals surface area contributed by atoms with E-state index in [9.17, 15) is 9.90 Å². The van der Waals surface area contributed by atoms with Gasteiger partial charge in [0.05, 0.1) is 11.4 Å². The number of nitrogens with zero attached hydrogens (tertiary/aromatic N) is 2. The molecule has 1 aliphatic carbocycles. The fraction of sp³-hybridized carbons (Fsp3) is 0.421. The molecule has 1 aromatic rings. The first-order valence-corrected chi connectivity index (χ1v) is 9.00. The summed E-state index contributed by atoms with van der Waals surface area (Å²) in [4.78, 5) is 18.0. The standard InChI is InChI=1S/C19H26N6O2/c20-10-15(21)16(18(23)27)17(22)24-13-1-3-14(4-2-13)25-7-5-19(6-8-25)9-12(19)11-26/h1-4,10,12,20,26H,5-9,11,21H2,(H2,22,24)(H2,23,27)/b16-15+,20-10?. The minimum atomic E-state index is -0.822. The number of benzene rings is 1. The molecule has 0 bridgehead atoms. The van der Waals surface area contributed by atoms with Crippen LogP contribution in [-0.4, -0.2) is 42.8 Å². The van der Waals surface area contributed by atoms with Gasteiger partial charge in [-0.15, -0.1) is 0 Å². The Kier molecular flexibility index (Phi) is 5.18. The van der Waals surface area contributed by atoms with Crippen molar-refractivity contribution in [2.45, 2.75) is 19.3 Å². The van der Waals surface area contributed by atoms with Crippen LogP contribution in [0.4, 0.5) is 11.4 Å². The number of carbonyl (C=O) groups is 1. The average molecular weight is 370 g/mol. The number of aliphatic hydroxyl groups is 1. The molecule has 1 atom stereocenters. The quantitative estimate of drug-likeness (QED) is 0.282. The first kappa shape index (κ1) is 18.9. The van der Waals surface area contributed by atoms with E-state index in [2.05, 4.69) is 9.89 Å². The van der Waals surface area contributed by atoms with Crippen LogP contribution in [0.25, 0.3) is 0 Å². The summed E-state index contributed by atoms with van der Waals surface area (Å²) < 4.78 is 0. The third kappa shape index (κ3) is 3.80. The summed E-state index contributed by atoms with van der Waals surface area (Å²) in [6.07, 6.45) is 4.19. The molecule has 2 aliphatic rings. The zero-order valence-corrected chi connectivity index (χ0v) is 15.2. The van der Waals surface area contributed by atoms with Gasteiger partial charge < -0.3 is 32.6 Å². The van der Waals surface area contributed by atoms with Gasteiger partial charge in [-0.25, -0.2) is 4.99 Å². The first-order chi connectivity index (χ1) is 12.9. The molecule has 1 heterocycles. The lowest BCUT2D eigenvalue weighted by atomic mass is 9.90. The largest absolute Gasteiger partial charge is 0.397 e. The number of primary amides is 1. The molecule has 3 rings (SSSR count). The van der Waals surface area contributed by atoms with Crippen LogP contribution >= 0.6 is 0 Å².